The SMILES string of the molecule is COc1ccc(OC)c(C(=O)C2(N)CCCC2)c1. The Kier molecular flexibility index (Phi) is 3.57. The van der Waals surface area contributed by atoms with Crippen LogP contribution in [0.25, 0.3) is 0 Å². The van der Waals surface area contributed by atoms with Crippen molar-refractivity contribution >= 4 is 5.78 Å². The van der Waals surface area contributed by atoms with Gasteiger partial charge in [0.1, 0.15) is 11.5 Å². The van der Waals surface area contributed by atoms with Gasteiger partial charge < -0.3 is 15.2 Å². The molecule has 1 fully saturated rings. The maximum absolute atomic E-state index is 12.6. The van der Waals surface area contributed by atoms with E-state index in [0.29, 0.717) is 17.1 Å². The highest BCUT2D eigenvalue weighted by Crippen LogP contribution is 2.34. The van der Waals surface area contributed by atoms with Crippen LogP contribution >= 0.6 is 0 Å². The first-order chi connectivity index (χ1) is 8.60. The fourth-order valence-corrected chi connectivity index (χ4v) is 2.49. The van der Waals surface area contributed by atoms with E-state index in [2.05, 4.69) is 0 Å². The summed E-state index contributed by atoms with van der Waals surface area (Å²) >= 11 is 0. The van der Waals surface area contributed by atoms with Crippen LogP contribution in [0.1, 0.15) is 36.0 Å². The van der Waals surface area contributed by atoms with Crippen LogP contribution < -0.4 is 15.2 Å². The summed E-state index contributed by atoms with van der Waals surface area (Å²) in [6, 6.07) is 5.21. The van der Waals surface area contributed by atoms with Crippen molar-refractivity contribution in [3.05, 3.63) is 23.8 Å². The molecule has 0 heterocycles. The van der Waals surface area contributed by atoms with Crippen LogP contribution in [0.4, 0.5) is 0 Å². The highest BCUT2D eigenvalue weighted by atomic mass is 16.5. The zero-order valence-electron chi connectivity index (χ0n) is 10.9. The normalized spacial score (nSPS) is 17.5. The standard InChI is InChI=1S/C14H19NO3/c1-17-10-5-6-12(18-2)11(9-10)13(16)14(15)7-3-4-8-14/h5-6,9H,3-4,7-8,15H2,1-2H3. The summed E-state index contributed by atoms with van der Waals surface area (Å²) in [7, 11) is 3.13. The molecule has 0 bridgehead atoms. The molecule has 1 saturated carbocycles. The van der Waals surface area contributed by atoms with Crippen molar-refractivity contribution < 1.29 is 14.3 Å². The summed E-state index contributed by atoms with van der Waals surface area (Å²) in [6.45, 7) is 0. The summed E-state index contributed by atoms with van der Waals surface area (Å²) in [5.41, 5.74) is 5.98. The van der Waals surface area contributed by atoms with E-state index in [1.807, 2.05) is 0 Å². The zero-order chi connectivity index (χ0) is 13.2. The predicted octanol–water partition coefficient (Wildman–Crippen LogP) is 2.16. The van der Waals surface area contributed by atoms with Crippen molar-refractivity contribution in [2.45, 2.75) is 31.2 Å². The van der Waals surface area contributed by atoms with Gasteiger partial charge in [-0.15, -0.1) is 0 Å². The van der Waals surface area contributed by atoms with Crippen LogP contribution in [0.5, 0.6) is 11.5 Å². The van der Waals surface area contributed by atoms with Crippen molar-refractivity contribution in [3.63, 3.8) is 0 Å². The number of methoxy groups -OCH3 is 2. The molecule has 0 amide bonds. The number of nitrogens with two attached hydrogens (primary N) is 1. The Bertz CT molecular complexity index is 450. The highest BCUT2D eigenvalue weighted by Gasteiger charge is 2.38. The Morgan fingerprint density at radius 1 is 1.22 bits per heavy atom. The number of hydrogen-bond acceptors (Lipinski definition) is 4. The van der Waals surface area contributed by atoms with Crippen molar-refractivity contribution in [2.24, 2.45) is 5.73 Å². The lowest BCUT2D eigenvalue weighted by Gasteiger charge is -2.23. The lowest BCUT2D eigenvalue weighted by molar-refractivity contribution is 0.0888. The minimum Gasteiger partial charge on any atom is -0.497 e. The molecule has 0 aliphatic heterocycles. The van der Waals surface area contributed by atoms with Gasteiger partial charge in [-0.05, 0) is 31.0 Å². The van der Waals surface area contributed by atoms with Crippen LogP contribution in [-0.4, -0.2) is 25.5 Å². The van der Waals surface area contributed by atoms with E-state index < -0.39 is 5.54 Å². The van der Waals surface area contributed by atoms with Gasteiger partial charge in [0.15, 0.2) is 5.78 Å². The lowest BCUT2D eigenvalue weighted by atomic mass is 9.88. The molecular weight excluding hydrogens is 230 g/mol. The van der Waals surface area contributed by atoms with Crippen LogP contribution in [-0.2, 0) is 0 Å². The number of Topliss-reactive ketones (excluding diaryl/α,β-unsaturated/α-hetero) is 1. The quantitative estimate of drug-likeness (QED) is 0.831. The first kappa shape index (κ1) is 12.9. The third kappa shape index (κ3) is 2.20. The molecule has 2 rings (SSSR count). The van der Waals surface area contributed by atoms with Gasteiger partial charge in [-0.2, -0.15) is 0 Å². The van der Waals surface area contributed by atoms with Gasteiger partial charge in [0.2, 0.25) is 0 Å². The fraction of sp³-hybridized carbons (Fsp3) is 0.500. The molecule has 0 radical (unpaired) electrons. The van der Waals surface area contributed by atoms with E-state index in [1.165, 1.54) is 0 Å². The molecule has 1 aliphatic carbocycles. The molecule has 2 N–H and O–H groups in total. The van der Waals surface area contributed by atoms with Gasteiger partial charge in [-0.3, -0.25) is 4.79 Å². The Hall–Kier alpha value is -1.55. The van der Waals surface area contributed by atoms with E-state index in [9.17, 15) is 4.79 Å². The minimum atomic E-state index is -0.736. The van der Waals surface area contributed by atoms with Crippen LogP contribution in [0.2, 0.25) is 0 Å². The van der Waals surface area contributed by atoms with Gasteiger partial charge in [0.25, 0.3) is 0 Å². The van der Waals surface area contributed by atoms with E-state index in [1.54, 1.807) is 32.4 Å². The third-order valence-electron chi connectivity index (χ3n) is 3.60. The maximum Gasteiger partial charge on any atom is 0.186 e. The largest absolute Gasteiger partial charge is 0.497 e. The molecule has 4 nitrogen and oxygen atoms in total. The van der Waals surface area contributed by atoms with Crippen molar-refractivity contribution in [1.29, 1.82) is 0 Å². The average Bonchev–Trinajstić information content (AvgIpc) is 2.85. The van der Waals surface area contributed by atoms with E-state index >= 15 is 0 Å². The number of ether oxygens (including phenoxy) is 2. The molecule has 1 aromatic carbocycles. The number of carbonyl (C=O) groups excluding carboxylic acids is 1. The van der Waals surface area contributed by atoms with E-state index in [4.69, 9.17) is 15.2 Å². The molecule has 98 valence electrons. The Morgan fingerprint density at radius 2 is 1.89 bits per heavy atom. The summed E-state index contributed by atoms with van der Waals surface area (Å²) in [4.78, 5) is 12.6. The number of ketones is 1. The molecule has 4 heteroatoms. The van der Waals surface area contributed by atoms with Crippen molar-refractivity contribution in [3.8, 4) is 11.5 Å². The molecule has 18 heavy (non-hydrogen) atoms. The summed E-state index contributed by atoms with van der Waals surface area (Å²) in [5.74, 6) is 1.15. The fourth-order valence-electron chi connectivity index (χ4n) is 2.49. The summed E-state index contributed by atoms with van der Waals surface area (Å²) < 4.78 is 10.4. The van der Waals surface area contributed by atoms with Crippen molar-refractivity contribution in [2.75, 3.05) is 14.2 Å². The smallest absolute Gasteiger partial charge is 0.186 e. The lowest BCUT2D eigenvalue weighted by Crippen LogP contribution is -2.45. The average molecular weight is 249 g/mol. The topological polar surface area (TPSA) is 61.5 Å². The number of rotatable bonds is 4. The van der Waals surface area contributed by atoms with Crippen LogP contribution in [0, 0.1) is 0 Å². The second-order valence-corrected chi connectivity index (χ2v) is 4.76. The molecule has 0 saturated heterocycles. The second kappa shape index (κ2) is 4.98. The zero-order valence-corrected chi connectivity index (χ0v) is 10.9. The monoisotopic (exact) mass is 249 g/mol. The summed E-state index contributed by atoms with van der Waals surface area (Å²) in [5, 5.41) is 0. The molecule has 0 spiro atoms. The summed E-state index contributed by atoms with van der Waals surface area (Å²) in [6.07, 6.45) is 3.50. The molecular formula is C14H19NO3. The number of benzene rings is 1. The van der Waals surface area contributed by atoms with Gasteiger partial charge in [-0.1, -0.05) is 12.8 Å². The molecule has 0 aromatic heterocycles. The maximum atomic E-state index is 12.6. The van der Waals surface area contributed by atoms with Gasteiger partial charge >= 0.3 is 0 Å². The highest BCUT2D eigenvalue weighted by molar-refractivity contribution is 6.05. The first-order valence-electron chi connectivity index (χ1n) is 6.16. The second-order valence-electron chi connectivity index (χ2n) is 4.76. The Morgan fingerprint density at radius 3 is 2.44 bits per heavy atom. The van der Waals surface area contributed by atoms with E-state index in [0.717, 1.165) is 25.7 Å². The van der Waals surface area contributed by atoms with Gasteiger partial charge in [0.05, 0.1) is 25.3 Å². The Balaban J connectivity index is 2.39. The Labute approximate surface area is 107 Å². The first-order valence-corrected chi connectivity index (χ1v) is 6.16. The minimum absolute atomic E-state index is 0.0456. The molecule has 1 aromatic rings. The van der Waals surface area contributed by atoms with E-state index in [-0.39, 0.29) is 5.78 Å². The number of hydrogen-bond donors (Lipinski definition) is 1. The van der Waals surface area contributed by atoms with Crippen LogP contribution in [0.15, 0.2) is 18.2 Å². The molecule has 0 atom stereocenters. The third-order valence-corrected chi connectivity index (χ3v) is 3.60. The van der Waals surface area contributed by atoms with Crippen molar-refractivity contribution in [1.82, 2.24) is 0 Å². The van der Waals surface area contributed by atoms with Crippen LogP contribution in [0.3, 0.4) is 0 Å². The van der Waals surface area contributed by atoms with Gasteiger partial charge in [-0.25, -0.2) is 0 Å². The predicted molar refractivity (Wildman–Crippen MR) is 69.3 cm³/mol. The molecule has 0 unspecified atom stereocenters. The van der Waals surface area contributed by atoms with Gasteiger partial charge in [0, 0.05) is 0 Å². The molecule has 1 aliphatic rings. The number of carbonyl (C=O) groups is 1.